The Labute approximate surface area is 103 Å². The zero-order valence-electron chi connectivity index (χ0n) is 10.5. The predicted octanol–water partition coefficient (Wildman–Crippen LogP) is 2.55. The highest BCUT2D eigenvalue weighted by atomic mass is 16.5. The number of aliphatic carboxylic acids is 1. The first kappa shape index (κ1) is 15.7. The van der Waals surface area contributed by atoms with E-state index >= 15 is 0 Å². The SMILES string of the molecule is CCCCCCCCNC(=O)OCCC(=O)O. The van der Waals surface area contributed by atoms with Crippen molar-refractivity contribution in [3.63, 3.8) is 0 Å². The van der Waals surface area contributed by atoms with Crippen LogP contribution >= 0.6 is 0 Å². The largest absolute Gasteiger partial charge is 0.481 e. The van der Waals surface area contributed by atoms with Gasteiger partial charge in [0.25, 0.3) is 0 Å². The van der Waals surface area contributed by atoms with Gasteiger partial charge in [0, 0.05) is 6.54 Å². The molecule has 0 radical (unpaired) electrons. The molecule has 100 valence electrons. The molecular formula is C12H23NO4. The molecule has 0 bridgehead atoms. The maximum absolute atomic E-state index is 11.0. The molecule has 1 amide bonds. The second-order valence-corrected chi connectivity index (χ2v) is 3.97. The molecule has 0 fully saturated rings. The molecule has 5 nitrogen and oxygen atoms in total. The second kappa shape index (κ2) is 11.2. The van der Waals surface area contributed by atoms with Crippen LogP contribution in [0.4, 0.5) is 4.79 Å². The molecule has 0 heterocycles. The third-order valence-corrected chi connectivity index (χ3v) is 2.35. The van der Waals surface area contributed by atoms with Gasteiger partial charge in [-0.2, -0.15) is 0 Å². The lowest BCUT2D eigenvalue weighted by atomic mass is 10.1. The van der Waals surface area contributed by atoms with E-state index in [1.165, 1.54) is 25.7 Å². The highest BCUT2D eigenvalue weighted by Crippen LogP contribution is 2.03. The highest BCUT2D eigenvalue weighted by Gasteiger charge is 2.02. The molecule has 0 unspecified atom stereocenters. The molecule has 0 aliphatic carbocycles. The lowest BCUT2D eigenvalue weighted by Gasteiger charge is -2.05. The summed E-state index contributed by atoms with van der Waals surface area (Å²) in [4.78, 5) is 21.2. The van der Waals surface area contributed by atoms with E-state index < -0.39 is 12.1 Å². The maximum atomic E-state index is 11.0. The fourth-order valence-corrected chi connectivity index (χ4v) is 1.38. The molecule has 0 saturated heterocycles. The Hall–Kier alpha value is -1.26. The van der Waals surface area contributed by atoms with Crippen LogP contribution in [0.3, 0.4) is 0 Å². The minimum atomic E-state index is -0.964. The Kier molecular flexibility index (Phi) is 10.4. The highest BCUT2D eigenvalue weighted by molar-refractivity contribution is 5.69. The summed E-state index contributed by atoms with van der Waals surface area (Å²) in [6.45, 7) is 2.70. The molecule has 0 rings (SSSR count). The van der Waals surface area contributed by atoms with E-state index in [0.29, 0.717) is 6.54 Å². The van der Waals surface area contributed by atoms with Gasteiger partial charge in [-0.1, -0.05) is 39.0 Å². The molecule has 0 aromatic heterocycles. The third-order valence-electron chi connectivity index (χ3n) is 2.35. The van der Waals surface area contributed by atoms with Crippen LogP contribution in [0.1, 0.15) is 51.9 Å². The Morgan fingerprint density at radius 1 is 1.12 bits per heavy atom. The van der Waals surface area contributed by atoms with Gasteiger partial charge in [0.15, 0.2) is 0 Å². The second-order valence-electron chi connectivity index (χ2n) is 3.97. The van der Waals surface area contributed by atoms with E-state index in [1.807, 2.05) is 0 Å². The smallest absolute Gasteiger partial charge is 0.407 e. The van der Waals surface area contributed by atoms with Crippen molar-refractivity contribution in [2.24, 2.45) is 0 Å². The fraction of sp³-hybridized carbons (Fsp3) is 0.833. The normalized spacial score (nSPS) is 9.94. The van der Waals surface area contributed by atoms with Gasteiger partial charge in [-0.25, -0.2) is 4.79 Å². The van der Waals surface area contributed by atoms with E-state index in [-0.39, 0.29) is 13.0 Å². The van der Waals surface area contributed by atoms with Crippen LogP contribution in [0, 0.1) is 0 Å². The third kappa shape index (κ3) is 12.7. The number of hydrogen-bond donors (Lipinski definition) is 2. The van der Waals surface area contributed by atoms with Crippen LogP contribution in [0.2, 0.25) is 0 Å². The lowest BCUT2D eigenvalue weighted by molar-refractivity contribution is -0.137. The van der Waals surface area contributed by atoms with Gasteiger partial charge in [-0.15, -0.1) is 0 Å². The number of alkyl carbamates (subject to hydrolysis) is 1. The molecule has 0 aromatic carbocycles. The summed E-state index contributed by atoms with van der Waals surface area (Å²) >= 11 is 0. The van der Waals surface area contributed by atoms with Crippen LogP contribution in [0.5, 0.6) is 0 Å². The number of hydrogen-bond acceptors (Lipinski definition) is 3. The summed E-state index contributed by atoms with van der Waals surface area (Å²) < 4.78 is 4.67. The number of carbonyl (C=O) groups excluding carboxylic acids is 1. The standard InChI is InChI=1S/C12H23NO4/c1-2-3-4-5-6-7-9-13-12(16)17-10-8-11(14)15/h2-10H2,1H3,(H,13,16)(H,14,15). The minimum absolute atomic E-state index is 0.0718. The first-order valence-electron chi connectivity index (χ1n) is 6.29. The van der Waals surface area contributed by atoms with E-state index in [1.54, 1.807) is 0 Å². The monoisotopic (exact) mass is 245 g/mol. The molecule has 0 saturated carbocycles. The van der Waals surface area contributed by atoms with Crippen LogP contribution in [-0.2, 0) is 9.53 Å². The van der Waals surface area contributed by atoms with Crippen molar-refractivity contribution in [3.8, 4) is 0 Å². The van der Waals surface area contributed by atoms with E-state index in [4.69, 9.17) is 5.11 Å². The van der Waals surface area contributed by atoms with Gasteiger partial charge < -0.3 is 15.2 Å². The van der Waals surface area contributed by atoms with Crippen molar-refractivity contribution in [2.75, 3.05) is 13.2 Å². The first-order valence-corrected chi connectivity index (χ1v) is 6.29. The summed E-state index contributed by atoms with van der Waals surface area (Å²) in [6, 6.07) is 0. The summed E-state index contributed by atoms with van der Waals surface area (Å²) in [5.74, 6) is -0.964. The van der Waals surface area contributed by atoms with Crippen LogP contribution in [0.15, 0.2) is 0 Å². The average molecular weight is 245 g/mol. The van der Waals surface area contributed by atoms with Gasteiger partial charge in [0.2, 0.25) is 0 Å². The fourth-order valence-electron chi connectivity index (χ4n) is 1.38. The Morgan fingerprint density at radius 2 is 1.76 bits per heavy atom. The molecule has 0 aliphatic heterocycles. The number of amides is 1. The Bertz CT molecular complexity index is 219. The molecule has 0 aliphatic rings. The van der Waals surface area contributed by atoms with Gasteiger partial charge in [-0.05, 0) is 6.42 Å². The maximum Gasteiger partial charge on any atom is 0.407 e. The number of rotatable bonds is 10. The molecule has 0 aromatic rings. The number of carboxylic acid groups (broad SMARTS) is 1. The van der Waals surface area contributed by atoms with Crippen molar-refractivity contribution >= 4 is 12.1 Å². The number of nitrogens with one attached hydrogen (secondary N) is 1. The molecule has 17 heavy (non-hydrogen) atoms. The summed E-state index contributed by atoms with van der Waals surface area (Å²) in [5.41, 5.74) is 0. The number of ether oxygens (including phenoxy) is 1. The number of carboxylic acids is 1. The summed E-state index contributed by atoms with van der Waals surface area (Å²) in [7, 11) is 0. The molecular weight excluding hydrogens is 222 g/mol. The number of unbranched alkanes of at least 4 members (excludes halogenated alkanes) is 5. The topological polar surface area (TPSA) is 75.6 Å². The van der Waals surface area contributed by atoms with E-state index in [9.17, 15) is 9.59 Å². The van der Waals surface area contributed by atoms with Crippen LogP contribution < -0.4 is 5.32 Å². The summed E-state index contributed by atoms with van der Waals surface area (Å²) in [6.07, 6.45) is 6.32. The number of carbonyl (C=O) groups is 2. The molecule has 0 atom stereocenters. The van der Waals surface area contributed by atoms with Gasteiger partial charge in [0.1, 0.15) is 6.61 Å². The van der Waals surface area contributed by atoms with Gasteiger partial charge in [0.05, 0.1) is 6.42 Å². The first-order chi connectivity index (χ1) is 8.16. The van der Waals surface area contributed by atoms with Crippen molar-refractivity contribution in [1.29, 1.82) is 0 Å². The van der Waals surface area contributed by atoms with Gasteiger partial charge in [-0.3, -0.25) is 4.79 Å². The van der Waals surface area contributed by atoms with Crippen molar-refractivity contribution < 1.29 is 19.4 Å². The molecule has 2 N–H and O–H groups in total. The van der Waals surface area contributed by atoms with Gasteiger partial charge >= 0.3 is 12.1 Å². The zero-order chi connectivity index (χ0) is 12.9. The lowest BCUT2D eigenvalue weighted by Crippen LogP contribution is -2.26. The van der Waals surface area contributed by atoms with E-state index in [2.05, 4.69) is 17.0 Å². The van der Waals surface area contributed by atoms with Crippen molar-refractivity contribution in [1.82, 2.24) is 5.32 Å². The van der Waals surface area contributed by atoms with Crippen LogP contribution in [0.25, 0.3) is 0 Å². The van der Waals surface area contributed by atoms with E-state index in [0.717, 1.165) is 12.8 Å². The van der Waals surface area contributed by atoms with Crippen molar-refractivity contribution in [3.05, 3.63) is 0 Å². The molecule has 0 spiro atoms. The average Bonchev–Trinajstić information content (AvgIpc) is 2.27. The Morgan fingerprint density at radius 3 is 2.41 bits per heavy atom. The molecule has 5 heteroatoms. The quantitative estimate of drug-likeness (QED) is 0.580. The van der Waals surface area contributed by atoms with Crippen LogP contribution in [-0.4, -0.2) is 30.3 Å². The predicted molar refractivity (Wildman–Crippen MR) is 65.0 cm³/mol. The Balaban J connectivity index is 3.19. The zero-order valence-corrected chi connectivity index (χ0v) is 10.5. The van der Waals surface area contributed by atoms with Crippen molar-refractivity contribution in [2.45, 2.75) is 51.9 Å². The minimum Gasteiger partial charge on any atom is -0.481 e. The summed E-state index contributed by atoms with van der Waals surface area (Å²) in [5, 5.41) is 10.9.